The van der Waals surface area contributed by atoms with E-state index >= 15 is 0 Å². The molecule has 0 aliphatic heterocycles. The molecule has 0 aliphatic rings. The van der Waals surface area contributed by atoms with Crippen molar-refractivity contribution in [2.24, 2.45) is 0 Å². The van der Waals surface area contributed by atoms with Gasteiger partial charge in [0, 0.05) is 12.8 Å². The van der Waals surface area contributed by atoms with Crippen molar-refractivity contribution in [2.45, 2.75) is 46.5 Å². The third-order valence-electron chi connectivity index (χ3n) is 2.83. The maximum Gasteiger partial charge on any atom is 0.161 e. The molecule has 0 saturated heterocycles. The fourth-order valence-electron chi connectivity index (χ4n) is 1.94. The summed E-state index contributed by atoms with van der Waals surface area (Å²) in [6, 6.07) is 5.91. The molecule has 0 fully saturated rings. The van der Waals surface area contributed by atoms with Crippen molar-refractivity contribution >= 4 is 5.78 Å². The van der Waals surface area contributed by atoms with Gasteiger partial charge in [-0.1, -0.05) is 13.0 Å². The Hall–Kier alpha value is -1.51. The first-order chi connectivity index (χ1) is 9.21. The van der Waals surface area contributed by atoms with E-state index in [4.69, 9.17) is 9.47 Å². The van der Waals surface area contributed by atoms with Crippen molar-refractivity contribution in [3.8, 4) is 11.5 Å². The molecular formula is C16H24O3. The van der Waals surface area contributed by atoms with E-state index < -0.39 is 0 Å². The number of benzene rings is 1. The normalized spacial score (nSPS) is 10.3. The lowest BCUT2D eigenvalue weighted by Crippen LogP contribution is -2.01. The highest BCUT2D eigenvalue weighted by Gasteiger charge is 2.07. The summed E-state index contributed by atoms with van der Waals surface area (Å²) in [5, 5.41) is 0. The Balaban J connectivity index is 2.69. The van der Waals surface area contributed by atoms with Crippen molar-refractivity contribution in [1.82, 2.24) is 0 Å². The van der Waals surface area contributed by atoms with Gasteiger partial charge >= 0.3 is 0 Å². The van der Waals surface area contributed by atoms with E-state index in [-0.39, 0.29) is 0 Å². The second-order valence-electron chi connectivity index (χ2n) is 4.44. The quantitative estimate of drug-likeness (QED) is 0.681. The minimum Gasteiger partial charge on any atom is -0.490 e. The Morgan fingerprint density at radius 2 is 1.68 bits per heavy atom. The minimum absolute atomic E-state index is 0.328. The van der Waals surface area contributed by atoms with Crippen LogP contribution in [0.15, 0.2) is 18.2 Å². The standard InChI is InChI=1S/C16H24O3/c1-4-7-14(17)10-8-13-9-11-15(18-5-2)16(12-13)19-6-3/h9,11-12H,4-8,10H2,1-3H3. The molecule has 3 heteroatoms. The monoisotopic (exact) mass is 264 g/mol. The second kappa shape index (κ2) is 8.57. The molecule has 0 unspecified atom stereocenters. The summed E-state index contributed by atoms with van der Waals surface area (Å²) >= 11 is 0. The van der Waals surface area contributed by atoms with Crippen LogP contribution in [0.4, 0.5) is 0 Å². The first-order valence-corrected chi connectivity index (χ1v) is 7.11. The van der Waals surface area contributed by atoms with E-state index in [2.05, 4.69) is 0 Å². The molecule has 0 atom stereocenters. The van der Waals surface area contributed by atoms with Crippen LogP contribution in [-0.2, 0) is 11.2 Å². The van der Waals surface area contributed by atoms with Gasteiger partial charge in [0.1, 0.15) is 5.78 Å². The summed E-state index contributed by atoms with van der Waals surface area (Å²) < 4.78 is 11.1. The van der Waals surface area contributed by atoms with Crippen LogP contribution in [0.2, 0.25) is 0 Å². The van der Waals surface area contributed by atoms with Crippen molar-refractivity contribution < 1.29 is 14.3 Å². The van der Waals surface area contributed by atoms with Crippen LogP contribution in [0.5, 0.6) is 11.5 Å². The van der Waals surface area contributed by atoms with Crippen LogP contribution in [0.25, 0.3) is 0 Å². The van der Waals surface area contributed by atoms with Gasteiger partial charge in [0.05, 0.1) is 13.2 Å². The maximum atomic E-state index is 11.5. The highest BCUT2D eigenvalue weighted by Crippen LogP contribution is 2.29. The van der Waals surface area contributed by atoms with Crippen LogP contribution >= 0.6 is 0 Å². The predicted molar refractivity (Wildman–Crippen MR) is 77.0 cm³/mol. The zero-order valence-electron chi connectivity index (χ0n) is 12.2. The van der Waals surface area contributed by atoms with Gasteiger partial charge in [-0.3, -0.25) is 4.79 Å². The minimum atomic E-state index is 0.328. The van der Waals surface area contributed by atoms with E-state index in [1.54, 1.807) is 0 Å². The van der Waals surface area contributed by atoms with Gasteiger partial charge in [0.15, 0.2) is 11.5 Å². The molecule has 0 spiro atoms. The second-order valence-corrected chi connectivity index (χ2v) is 4.44. The van der Waals surface area contributed by atoms with Crippen LogP contribution in [-0.4, -0.2) is 19.0 Å². The third-order valence-corrected chi connectivity index (χ3v) is 2.83. The lowest BCUT2D eigenvalue weighted by molar-refractivity contribution is -0.119. The van der Waals surface area contributed by atoms with E-state index in [0.29, 0.717) is 31.8 Å². The van der Waals surface area contributed by atoms with E-state index in [0.717, 1.165) is 29.9 Å². The summed E-state index contributed by atoms with van der Waals surface area (Å²) in [5.41, 5.74) is 1.12. The van der Waals surface area contributed by atoms with Crippen LogP contribution in [0, 0.1) is 0 Å². The molecule has 0 saturated carbocycles. The zero-order chi connectivity index (χ0) is 14.1. The molecule has 106 valence electrons. The number of carbonyl (C=O) groups is 1. The molecule has 0 radical (unpaired) electrons. The molecule has 1 rings (SSSR count). The first kappa shape index (κ1) is 15.5. The van der Waals surface area contributed by atoms with Crippen LogP contribution in [0.3, 0.4) is 0 Å². The molecule has 0 heterocycles. The third kappa shape index (κ3) is 5.33. The molecule has 0 aliphatic carbocycles. The molecule has 0 aromatic heterocycles. The lowest BCUT2D eigenvalue weighted by Gasteiger charge is -2.12. The number of rotatable bonds is 9. The summed E-state index contributed by atoms with van der Waals surface area (Å²) in [7, 11) is 0. The average Bonchev–Trinajstić information content (AvgIpc) is 2.40. The number of ether oxygens (including phenoxy) is 2. The highest BCUT2D eigenvalue weighted by atomic mass is 16.5. The maximum absolute atomic E-state index is 11.5. The van der Waals surface area contributed by atoms with Gasteiger partial charge in [-0.05, 0) is 44.4 Å². The number of carbonyl (C=O) groups excluding carboxylic acids is 1. The fraction of sp³-hybridized carbons (Fsp3) is 0.562. The number of hydrogen-bond donors (Lipinski definition) is 0. The molecule has 19 heavy (non-hydrogen) atoms. The van der Waals surface area contributed by atoms with Gasteiger partial charge in [0.25, 0.3) is 0 Å². The smallest absolute Gasteiger partial charge is 0.161 e. The highest BCUT2D eigenvalue weighted by molar-refractivity contribution is 5.78. The molecule has 3 nitrogen and oxygen atoms in total. The number of aryl methyl sites for hydroxylation is 1. The van der Waals surface area contributed by atoms with Crippen LogP contribution in [0.1, 0.15) is 45.6 Å². The SMILES string of the molecule is CCCC(=O)CCc1ccc(OCC)c(OCC)c1. The van der Waals surface area contributed by atoms with Gasteiger partial charge in [-0.25, -0.2) is 0 Å². The number of Topliss-reactive ketones (excluding diaryl/α,β-unsaturated/α-hetero) is 1. The largest absolute Gasteiger partial charge is 0.490 e. The van der Waals surface area contributed by atoms with Gasteiger partial charge < -0.3 is 9.47 Å². The Kier molecular flexibility index (Phi) is 7.01. The van der Waals surface area contributed by atoms with E-state index in [1.807, 2.05) is 39.0 Å². The lowest BCUT2D eigenvalue weighted by atomic mass is 10.0. The van der Waals surface area contributed by atoms with Crippen molar-refractivity contribution in [1.29, 1.82) is 0 Å². The number of hydrogen-bond acceptors (Lipinski definition) is 3. The van der Waals surface area contributed by atoms with E-state index in [9.17, 15) is 4.79 Å². The molecule has 1 aromatic rings. The van der Waals surface area contributed by atoms with Gasteiger partial charge in [-0.15, -0.1) is 0 Å². The van der Waals surface area contributed by atoms with E-state index in [1.165, 1.54) is 0 Å². The topological polar surface area (TPSA) is 35.5 Å². The summed E-state index contributed by atoms with van der Waals surface area (Å²) in [5.74, 6) is 1.87. The predicted octanol–water partition coefficient (Wildman–Crippen LogP) is 3.79. The number of ketones is 1. The summed E-state index contributed by atoms with van der Waals surface area (Å²) in [6.07, 6.45) is 2.97. The summed E-state index contributed by atoms with van der Waals surface area (Å²) in [4.78, 5) is 11.5. The van der Waals surface area contributed by atoms with Crippen LogP contribution < -0.4 is 9.47 Å². The Morgan fingerprint density at radius 3 is 2.32 bits per heavy atom. The molecule has 0 N–H and O–H groups in total. The van der Waals surface area contributed by atoms with Gasteiger partial charge in [0.2, 0.25) is 0 Å². The Bertz CT molecular complexity index is 399. The van der Waals surface area contributed by atoms with Crippen molar-refractivity contribution in [2.75, 3.05) is 13.2 Å². The molecule has 1 aromatic carbocycles. The first-order valence-electron chi connectivity index (χ1n) is 7.11. The summed E-state index contributed by atoms with van der Waals surface area (Å²) in [6.45, 7) is 7.16. The van der Waals surface area contributed by atoms with Gasteiger partial charge in [-0.2, -0.15) is 0 Å². The fourth-order valence-corrected chi connectivity index (χ4v) is 1.94. The van der Waals surface area contributed by atoms with Crippen molar-refractivity contribution in [3.05, 3.63) is 23.8 Å². The molecular weight excluding hydrogens is 240 g/mol. The zero-order valence-corrected chi connectivity index (χ0v) is 12.2. The average molecular weight is 264 g/mol. The van der Waals surface area contributed by atoms with Crippen molar-refractivity contribution in [3.63, 3.8) is 0 Å². The molecule has 0 bridgehead atoms. The Labute approximate surface area is 115 Å². The Morgan fingerprint density at radius 1 is 1.00 bits per heavy atom. The molecule has 0 amide bonds.